The van der Waals surface area contributed by atoms with Gasteiger partial charge in [-0.1, -0.05) is 24.3 Å². The van der Waals surface area contributed by atoms with E-state index in [0.29, 0.717) is 6.61 Å². The maximum absolute atomic E-state index is 12.4. The molecule has 1 N–H and O–H groups in total. The van der Waals surface area contributed by atoms with Crippen molar-refractivity contribution in [2.75, 3.05) is 20.3 Å². The van der Waals surface area contributed by atoms with Crippen molar-refractivity contribution in [3.63, 3.8) is 0 Å². The van der Waals surface area contributed by atoms with Crippen LogP contribution in [0.4, 0.5) is 0 Å². The lowest BCUT2D eigenvalue weighted by atomic mass is 9.96. The zero-order valence-electron chi connectivity index (χ0n) is 10.8. The van der Waals surface area contributed by atoms with Crippen LogP contribution in [0.2, 0.25) is 0 Å². The number of rotatable bonds is 3. The summed E-state index contributed by atoms with van der Waals surface area (Å²) < 4.78 is 5.61. The number of likely N-dealkylation sites (N-methyl/N-ethyl adjacent to an activating group) is 1. The van der Waals surface area contributed by atoms with Crippen LogP contribution in [0.1, 0.15) is 24.2 Å². The summed E-state index contributed by atoms with van der Waals surface area (Å²) in [7, 11) is 1.70. The first-order chi connectivity index (χ1) is 8.65. The summed E-state index contributed by atoms with van der Waals surface area (Å²) in [6, 6.07) is 7.67. The van der Waals surface area contributed by atoms with E-state index in [9.17, 15) is 4.79 Å². The van der Waals surface area contributed by atoms with Crippen molar-refractivity contribution in [3.05, 3.63) is 35.4 Å². The van der Waals surface area contributed by atoms with Crippen LogP contribution >= 0.6 is 0 Å². The van der Waals surface area contributed by atoms with Gasteiger partial charge in [0.2, 0.25) is 0 Å². The number of aliphatic hydroxyl groups excluding tert-OH is 1. The van der Waals surface area contributed by atoms with Crippen molar-refractivity contribution in [1.82, 2.24) is 4.90 Å². The zero-order valence-corrected chi connectivity index (χ0v) is 10.8. The van der Waals surface area contributed by atoms with Crippen molar-refractivity contribution in [2.45, 2.75) is 25.5 Å². The summed E-state index contributed by atoms with van der Waals surface area (Å²) >= 11 is 0. The van der Waals surface area contributed by atoms with Gasteiger partial charge in [0.1, 0.15) is 0 Å². The van der Waals surface area contributed by atoms with Crippen molar-refractivity contribution in [3.8, 4) is 0 Å². The fourth-order valence-electron chi connectivity index (χ4n) is 2.12. The van der Waals surface area contributed by atoms with Crippen LogP contribution in [-0.2, 0) is 16.0 Å². The van der Waals surface area contributed by atoms with Gasteiger partial charge in [-0.3, -0.25) is 4.79 Å². The predicted octanol–water partition coefficient (Wildman–Crippen LogP) is 1.14. The average Bonchev–Trinajstić information content (AvgIpc) is 2.44. The summed E-state index contributed by atoms with van der Waals surface area (Å²) in [5.41, 5.74) is 2.12. The molecular formula is C14H19NO3. The standard InChI is InChI=1S/C14H19NO3/c1-10(9-16)15(2)14(17)13-12-6-4-3-5-11(12)7-8-18-13/h3-6,10,13,16H,7-9H2,1-2H3. The van der Waals surface area contributed by atoms with E-state index >= 15 is 0 Å². The van der Waals surface area contributed by atoms with Crippen LogP contribution in [0.5, 0.6) is 0 Å². The van der Waals surface area contributed by atoms with E-state index in [1.165, 1.54) is 5.56 Å². The molecule has 1 aromatic carbocycles. The van der Waals surface area contributed by atoms with E-state index in [1.807, 2.05) is 31.2 Å². The van der Waals surface area contributed by atoms with E-state index in [-0.39, 0.29) is 18.6 Å². The second-order valence-corrected chi connectivity index (χ2v) is 4.68. The minimum atomic E-state index is -0.533. The lowest BCUT2D eigenvalue weighted by Crippen LogP contribution is -2.42. The molecule has 18 heavy (non-hydrogen) atoms. The molecule has 2 atom stereocenters. The molecule has 1 aliphatic heterocycles. The number of hydrogen-bond acceptors (Lipinski definition) is 3. The SMILES string of the molecule is CC(CO)N(C)C(=O)C1OCCc2ccccc21. The average molecular weight is 249 g/mol. The molecule has 0 radical (unpaired) electrons. The number of nitrogens with zero attached hydrogens (tertiary/aromatic N) is 1. The van der Waals surface area contributed by atoms with Gasteiger partial charge in [-0.15, -0.1) is 0 Å². The number of carbonyl (C=O) groups is 1. The molecule has 1 aromatic rings. The largest absolute Gasteiger partial charge is 0.394 e. The summed E-state index contributed by atoms with van der Waals surface area (Å²) in [6.45, 7) is 2.33. The molecule has 0 aliphatic carbocycles. The topological polar surface area (TPSA) is 49.8 Å². The number of hydrogen-bond donors (Lipinski definition) is 1. The van der Waals surface area contributed by atoms with Crippen LogP contribution < -0.4 is 0 Å². The lowest BCUT2D eigenvalue weighted by Gasteiger charge is -2.31. The first-order valence-corrected chi connectivity index (χ1v) is 6.22. The number of benzene rings is 1. The first-order valence-electron chi connectivity index (χ1n) is 6.22. The van der Waals surface area contributed by atoms with Crippen LogP contribution in [0.3, 0.4) is 0 Å². The van der Waals surface area contributed by atoms with Gasteiger partial charge in [-0.2, -0.15) is 0 Å². The minimum Gasteiger partial charge on any atom is -0.394 e. The van der Waals surface area contributed by atoms with E-state index < -0.39 is 6.10 Å². The predicted molar refractivity (Wildman–Crippen MR) is 68.2 cm³/mol. The van der Waals surface area contributed by atoms with Gasteiger partial charge in [-0.05, 0) is 24.5 Å². The molecule has 0 aromatic heterocycles. The molecule has 0 saturated carbocycles. The molecule has 4 nitrogen and oxygen atoms in total. The van der Waals surface area contributed by atoms with Gasteiger partial charge in [0.15, 0.2) is 6.10 Å². The summed E-state index contributed by atoms with van der Waals surface area (Å²) in [6.07, 6.45) is 0.313. The van der Waals surface area contributed by atoms with Crippen molar-refractivity contribution < 1.29 is 14.6 Å². The van der Waals surface area contributed by atoms with Crippen molar-refractivity contribution >= 4 is 5.91 Å². The molecule has 0 fully saturated rings. The van der Waals surface area contributed by atoms with Crippen molar-refractivity contribution in [2.24, 2.45) is 0 Å². The second-order valence-electron chi connectivity index (χ2n) is 4.68. The molecule has 1 amide bonds. The van der Waals surface area contributed by atoms with E-state index in [1.54, 1.807) is 11.9 Å². The Hall–Kier alpha value is -1.39. The van der Waals surface area contributed by atoms with Gasteiger partial charge >= 0.3 is 0 Å². The molecule has 4 heteroatoms. The molecule has 0 saturated heterocycles. The van der Waals surface area contributed by atoms with Crippen LogP contribution in [-0.4, -0.2) is 42.2 Å². The highest BCUT2D eigenvalue weighted by Gasteiger charge is 2.30. The Morgan fingerprint density at radius 3 is 3.00 bits per heavy atom. The van der Waals surface area contributed by atoms with Gasteiger partial charge in [0.25, 0.3) is 5.91 Å². The van der Waals surface area contributed by atoms with Gasteiger partial charge < -0.3 is 14.7 Å². The Balaban J connectivity index is 2.22. The Morgan fingerprint density at radius 1 is 1.56 bits per heavy atom. The quantitative estimate of drug-likeness (QED) is 0.874. The summed E-state index contributed by atoms with van der Waals surface area (Å²) in [5, 5.41) is 9.11. The second kappa shape index (κ2) is 5.50. The highest BCUT2D eigenvalue weighted by atomic mass is 16.5. The number of ether oxygens (including phenoxy) is 1. The third-order valence-corrected chi connectivity index (χ3v) is 3.49. The Bertz CT molecular complexity index is 433. The number of aliphatic hydroxyl groups is 1. The van der Waals surface area contributed by atoms with Crippen LogP contribution in [0, 0.1) is 0 Å². The normalized spacial score (nSPS) is 20.1. The van der Waals surface area contributed by atoms with Gasteiger partial charge in [0.05, 0.1) is 19.3 Å². The molecule has 2 rings (SSSR count). The highest BCUT2D eigenvalue weighted by Crippen LogP contribution is 2.28. The Morgan fingerprint density at radius 2 is 2.28 bits per heavy atom. The molecular weight excluding hydrogens is 230 g/mol. The fraction of sp³-hybridized carbons (Fsp3) is 0.500. The summed E-state index contributed by atoms with van der Waals surface area (Å²) in [5.74, 6) is -0.0938. The summed E-state index contributed by atoms with van der Waals surface area (Å²) in [4.78, 5) is 13.9. The van der Waals surface area contributed by atoms with Gasteiger partial charge in [-0.25, -0.2) is 0 Å². The molecule has 0 spiro atoms. The third kappa shape index (κ3) is 2.40. The molecule has 1 heterocycles. The van der Waals surface area contributed by atoms with E-state index in [0.717, 1.165) is 12.0 Å². The Labute approximate surface area is 107 Å². The van der Waals surface area contributed by atoms with Crippen molar-refractivity contribution in [1.29, 1.82) is 0 Å². The Kier molecular flexibility index (Phi) is 3.99. The fourth-order valence-corrected chi connectivity index (χ4v) is 2.12. The van der Waals surface area contributed by atoms with Gasteiger partial charge in [0, 0.05) is 7.05 Å². The number of carbonyl (C=O) groups excluding carboxylic acids is 1. The third-order valence-electron chi connectivity index (χ3n) is 3.49. The highest BCUT2D eigenvalue weighted by molar-refractivity contribution is 5.83. The number of amides is 1. The molecule has 2 unspecified atom stereocenters. The molecule has 1 aliphatic rings. The molecule has 0 bridgehead atoms. The lowest BCUT2D eigenvalue weighted by molar-refractivity contribution is -0.146. The minimum absolute atomic E-state index is 0.0450. The van der Waals surface area contributed by atoms with Crippen LogP contribution in [0.25, 0.3) is 0 Å². The van der Waals surface area contributed by atoms with E-state index in [4.69, 9.17) is 9.84 Å². The zero-order chi connectivity index (χ0) is 13.1. The number of fused-ring (bicyclic) bond motifs is 1. The maximum atomic E-state index is 12.4. The van der Waals surface area contributed by atoms with E-state index in [2.05, 4.69) is 0 Å². The van der Waals surface area contributed by atoms with Crippen LogP contribution in [0.15, 0.2) is 24.3 Å². The first kappa shape index (κ1) is 13.1. The smallest absolute Gasteiger partial charge is 0.256 e. The maximum Gasteiger partial charge on any atom is 0.256 e. The molecule has 98 valence electrons. The monoisotopic (exact) mass is 249 g/mol.